The standard InChI is InChI=1S/C12H24N2.C3H6O2.C2H6/c1-10-3-4-11(13-9-10)7-8-14(2)12-5-6-12;1-5-3-2-4;1-2/h10-13H,3-9H2,1-2H3;2H,3H2,1H3;1-2H3/t10-,11-;;/m1../s1. The largest absolute Gasteiger partial charge is 0.377 e. The summed E-state index contributed by atoms with van der Waals surface area (Å²) >= 11 is 0. The van der Waals surface area contributed by atoms with Crippen LogP contribution in [0.2, 0.25) is 0 Å². The molecule has 1 saturated heterocycles. The lowest BCUT2D eigenvalue weighted by atomic mass is 9.95. The third-order valence-electron chi connectivity index (χ3n) is 4.00. The van der Waals surface area contributed by atoms with Gasteiger partial charge in [-0.25, -0.2) is 0 Å². The molecule has 0 aromatic rings. The van der Waals surface area contributed by atoms with Gasteiger partial charge in [0.05, 0.1) is 0 Å². The van der Waals surface area contributed by atoms with Crippen molar-refractivity contribution in [1.29, 1.82) is 0 Å². The molecule has 4 heteroatoms. The maximum Gasteiger partial charge on any atom is 0.145 e. The molecule has 0 aromatic carbocycles. The van der Waals surface area contributed by atoms with Crippen LogP contribution in [0.4, 0.5) is 0 Å². The van der Waals surface area contributed by atoms with Crippen LogP contribution in [0.25, 0.3) is 0 Å². The fourth-order valence-corrected chi connectivity index (χ4v) is 2.43. The van der Waals surface area contributed by atoms with Crippen molar-refractivity contribution in [2.24, 2.45) is 5.92 Å². The molecule has 1 N–H and O–H groups in total. The number of carbonyl (C=O) groups is 1. The van der Waals surface area contributed by atoms with E-state index in [4.69, 9.17) is 0 Å². The number of ether oxygens (including phenoxy) is 1. The van der Waals surface area contributed by atoms with Gasteiger partial charge in [0, 0.05) is 19.2 Å². The van der Waals surface area contributed by atoms with E-state index in [1.165, 1.54) is 52.3 Å². The second-order valence-electron chi connectivity index (χ2n) is 5.91. The maximum absolute atomic E-state index is 9.28. The van der Waals surface area contributed by atoms with Crippen molar-refractivity contribution < 1.29 is 9.53 Å². The summed E-state index contributed by atoms with van der Waals surface area (Å²) in [6.45, 7) is 9.08. The Hall–Kier alpha value is -0.450. The molecule has 126 valence electrons. The summed E-state index contributed by atoms with van der Waals surface area (Å²) in [6, 6.07) is 1.73. The van der Waals surface area contributed by atoms with E-state index in [2.05, 4.69) is 28.9 Å². The highest BCUT2D eigenvalue weighted by atomic mass is 16.5. The molecule has 0 radical (unpaired) electrons. The van der Waals surface area contributed by atoms with Gasteiger partial charge in [-0.15, -0.1) is 0 Å². The first-order valence-corrected chi connectivity index (χ1v) is 8.53. The van der Waals surface area contributed by atoms with Crippen LogP contribution < -0.4 is 5.32 Å². The Morgan fingerprint density at radius 3 is 2.29 bits per heavy atom. The fraction of sp³-hybridized carbons (Fsp3) is 0.941. The second-order valence-corrected chi connectivity index (χ2v) is 5.91. The summed E-state index contributed by atoms with van der Waals surface area (Å²) in [5.74, 6) is 0.896. The quantitative estimate of drug-likeness (QED) is 0.766. The molecular weight excluding hydrogens is 264 g/mol. The molecule has 2 fully saturated rings. The van der Waals surface area contributed by atoms with Gasteiger partial charge in [0.25, 0.3) is 0 Å². The molecule has 21 heavy (non-hydrogen) atoms. The van der Waals surface area contributed by atoms with Crippen LogP contribution in [0.1, 0.15) is 52.9 Å². The normalized spacial score (nSPS) is 24.5. The molecule has 0 amide bonds. The van der Waals surface area contributed by atoms with Crippen molar-refractivity contribution in [3.05, 3.63) is 0 Å². The van der Waals surface area contributed by atoms with Crippen molar-refractivity contribution in [2.75, 3.05) is 33.9 Å². The number of hydrogen-bond acceptors (Lipinski definition) is 4. The summed E-state index contributed by atoms with van der Waals surface area (Å²) in [4.78, 5) is 11.8. The highest BCUT2D eigenvalue weighted by molar-refractivity contribution is 5.50. The third kappa shape index (κ3) is 10.9. The van der Waals surface area contributed by atoms with Crippen molar-refractivity contribution >= 4 is 6.29 Å². The summed E-state index contributed by atoms with van der Waals surface area (Å²) in [7, 11) is 3.76. The van der Waals surface area contributed by atoms with Gasteiger partial charge in [0.15, 0.2) is 0 Å². The predicted octanol–water partition coefficient (Wildman–Crippen LogP) is 2.72. The van der Waals surface area contributed by atoms with Crippen LogP contribution in [0.3, 0.4) is 0 Å². The molecule has 0 bridgehead atoms. The number of carbonyl (C=O) groups excluding carboxylic acids is 1. The van der Waals surface area contributed by atoms with Gasteiger partial charge in [-0.1, -0.05) is 20.8 Å². The van der Waals surface area contributed by atoms with Crippen LogP contribution in [0.5, 0.6) is 0 Å². The monoisotopic (exact) mass is 300 g/mol. The van der Waals surface area contributed by atoms with Crippen LogP contribution in [0, 0.1) is 5.92 Å². The number of nitrogens with one attached hydrogen (secondary N) is 1. The topological polar surface area (TPSA) is 41.6 Å². The first-order valence-electron chi connectivity index (χ1n) is 8.53. The zero-order chi connectivity index (χ0) is 16.1. The predicted molar refractivity (Wildman–Crippen MR) is 89.7 cm³/mol. The lowest BCUT2D eigenvalue weighted by molar-refractivity contribution is -0.110. The van der Waals surface area contributed by atoms with Crippen molar-refractivity contribution in [3.8, 4) is 0 Å². The minimum absolute atomic E-state index is 0.208. The Morgan fingerprint density at radius 1 is 1.24 bits per heavy atom. The molecule has 1 heterocycles. The van der Waals surface area contributed by atoms with E-state index in [1.54, 1.807) is 0 Å². The lowest BCUT2D eigenvalue weighted by Crippen LogP contribution is -2.40. The molecule has 1 aliphatic carbocycles. The molecule has 2 rings (SSSR count). The number of hydrogen-bond donors (Lipinski definition) is 1. The highest BCUT2D eigenvalue weighted by Gasteiger charge is 2.26. The van der Waals surface area contributed by atoms with Gasteiger partial charge in [-0.05, 0) is 58.2 Å². The zero-order valence-corrected chi connectivity index (χ0v) is 14.7. The molecule has 0 spiro atoms. The number of piperidine rings is 1. The average molecular weight is 300 g/mol. The molecule has 0 aromatic heterocycles. The Bertz CT molecular complexity index is 237. The van der Waals surface area contributed by atoms with E-state index in [9.17, 15) is 4.79 Å². The fourth-order valence-electron chi connectivity index (χ4n) is 2.43. The van der Waals surface area contributed by atoms with E-state index in [-0.39, 0.29) is 6.61 Å². The van der Waals surface area contributed by atoms with E-state index in [0.29, 0.717) is 6.29 Å². The molecule has 1 aliphatic heterocycles. The third-order valence-corrected chi connectivity index (χ3v) is 4.00. The van der Waals surface area contributed by atoms with Crippen LogP contribution in [-0.2, 0) is 9.53 Å². The molecule has 2 atom stereocenters. The van der Waals surface area contributed by atoms with E-state index in [0.717, 1.165) is 18.0 Å². The first kappa shape index (κ1) is 20.6. The molecule has 2 aliphatic rings. The minimum Gasteiger partial charge on any atom is -0.377 e. The van der Waals surface area contributed by atoms with Crippen LogP contribution >= 0.6 is 0 Å². The summed E-state index contributed by atoms with van der Waals surface area (Å²) in [5.41, 5.74) is 0. The molecule has 1 saturated carbocycles. The minimum atomic E-state index is 0.208. The molecule has 4 nitrogen and oxygen atoms in total. The summed E-state index contributed by atoms with van der Waals surface area (Å²) < 4.78 is 4.32. The van der Waals surface area contributed by atoms with Gasteiger partial charge >= 0.3 is 0 Å². The zero-order valence-electron chi connectivity index (χ0n) is 14.7. The van der Waals surface area contributed by atoms with Gasteiger partial charge in [-0.3, -0.25) is 0 Å². The Kier molecular flexibility index (Phi) is 12.9. The number of rotatable bonds is 6. The lowest BCUT2D eigenvalue weighted by Gasteiger charge is -2.29. The highest BCUT2D eigenvalue weighted by Crippen LogP contribution is 2.26. The summed E-state index contributed by atoms with van der Waals surface area (Å²) in [6.07, 6.45) is 7.74. The van der Waals surface area contributed by atoms with E-state index in [1.807, 2.05) is 13.8 Å². The van der Waals surface area contributed by atoms with Gasteiger partial charge < -0.3 is 19.7 Å². The summed E-state index contributed by atoms with van der Waals surface area (Å²) in [5, 5.41) is 3.66. The van der Waals surface area contributed by atoms with E-state index < -0.39 is 0 Å². The maximum atomic E-state index is 9.28. The average Bonchev–Trinajstić information content (AvgIpc) is 3.35. The van der Waals surface area contributed by atoms with Gasteiger partial charge in [0.2, 0.25) is 0 Å². The Balaban J connectivity index is 0.000000489. The van der Waals surface area contributed by atoms with Crippen molar-refractivity contribution in [3.63, 3.8) is 0 Å². The SMILES string of the molecule is CC.COCC=O.C[C@@H]1CC[C@H](CCN(C)C2CC2)NC1. The first-order chi connectivity index (χ1) is 10.2. The van der Waals surface area contributed by atoms with Gasteiger partial charge in [-0.2, -0.15) is 0 Å². The Morgan fingerprint density at radius 2 is 1.90 bits per heavy atom. The van der Waals surface area contributed by atoms with Crippen LogP contribution in [-0.4, -0.2) is 57.1 Å². The number of aldehydes is 1. The smallest absolute Gasteiger partial charge is 0.145 e. The molecular formula is C17H36N2O2. The van der Waals surface area contributed by atoms with Gasteiger partial charge in [0.1, 0.15) is 12.9 Å². The number of nitrogens with zero attached hydrogens (tertiary/aromatic N) is 1. The Labute approximate surface area is 131 Å². The number of methoxy groups -OCH3 is 1. The van der Waals surface area contributed by atoms with Crippen LogP contribution in [0.15, 0.2) is 0 Å². The second kappa shape index (κ2) is 13.2. The van der Waals surface area contributed by atoms with E-state index >= 15 is 0 Å². The van der Waals surface area contributed by atoms with Crippen molar-refractivity contribution in [2.45, 2.75) is 65.0 Å². The molecule has 0 unspecified atom stereocenters. The van der Waals surface area contributed by atoms with Crippen molar-refractivity contribution in [1.82, 2.24) is 10.2 Å².